The van der Waals surface area contributed by atoms with Gasteiger partial charge < -0.3 is 14.8 Å². The fraction of sp³-hybridized carbons (Fsp3) is 1.00. The summed E-state index contributed by atoms with van der Waals surface area (Å²) in [7, 11) is 0. The fourth-order valence-electron chi connectivity index (χ4n) is 2.96. The van der Waals surface area contributed by atoms with E-state index in [0.29, 0.717) is 0 Å². The van der Waals surface area contributed by atoms with E-state index in [1.807, 2.05) is 0 Å². The van der Waals surface area contributed by atoms with Crippen molar-refractivity contribution in [2.24, 2.45) is 0 Å². The lowest BCUT2D eigenvalue weighted by atomic mass is 9.99. The highest BCUT2D eigenvalue weighted by atomic mass is 16.5. The predicted octanol–water partition coefficient (Wildman–Crippen LogP) is 2.28. The smallest absolute Gasteiger partial charge is 0.0760 e. The molecule has 0 radical (unpaired) electrons. The van der Waals surface area contributed by atoms with Gasteiger partial charge in [-0.25, -0.2) is 0 Å². The van der Waals surface area contributed by atoms with Crippen LogP contribution in [0.4, 0.5) is 0 Å². The molecule has 1 N–H and O–H groups in total. The minimum atomic E-state index is -0.0506. The minimum Gasteiger partial charge on any atom is -0.380 e. The number of nitrogens with one attached hydrogen (secondary N) is 1. The van der Waals surface area contributed by atoms with Crippen molar-refractivity contribution in [2.75, 3.05) is 45.9 Å². The molecule has 4 heteroatoms. The van der Waals surface area contributed by atoms with Crippen LogP contribution in [0.2, 0.25) is 0 Å². The Labute approximate surface area is 125 Å². The van der Waals surface area contributed by atoms with Gasteiger partial charge in [-0.3, -0.25) is 4.90 Å². The van der Waals surface area contributed by atoms with Crippen molar-refractivity contribution in [3.63, 3.8) is 0 Å². The first-order valence-electron chi connectivity index (χ1n) is 8.06. The summed E-state index contributed by atoms with van der Waals surface area (Å²) in [5.74, 6) is 0. The van der Waals surface area contributed by atoms with Gasteiger partial charge in [-0.1, -0.05) is 13.3 Å². The maximum absolute atomic E-state index is 6.09. The normalized spacial score (nSPS) is 22.1. The molecule has 0 aliphatic carbocycles. The molecule has 0 aromatic rings. The zero-order valence-electron chi connectivity index (χ0n) is 14.1. The van der Waals surface area contributed by atoms with Gasteiger partial charge in [-0.05, 0) is 34.1 Å². The van der Waals surface area contributed by atoms with E-state index in [2.05, 4.69) is 44.8 Å². The summed E-state index contributed by atoms with van der Waals surface area (Å²) < 4.78 is 11.6. The van der Waals surface area contributed by atoms with Gasteiger partial charge in [-0.15, -0.1) is 0 Å². The first kappa shape index (κ1) is 17.9. The zero-order chi connectivity index (χ0) is 15.1. The van der Waals surface area contributed by atoms with E-state index in [4.69, 9.17) is 9.47 Å². The first-order chi connectivity index (χ1) is 9.35. The molecule has 1 aliphatic heterocycles. The minimum absolute atomic E-state index is 0.0506. The maximum atomic E-state index is 6.09. The molecule has 120 valence electrons. The van der Waals surface area contributed by atoms with Gasteiger partial charge in [0.25, 0.3) is 0 Å². The van der Waals surface area contributed by atoms with Crippen LogP contribution in [0.5, 0.6) is 0 Å². The van der Waals surface area contributed by atoms with E-state index in [0.717, 1.165) is 52.4 Å². The number of hydrogen-bond acceptors (Lipinski definition) is 4. The number of hydrogen-bond donors (Lipinski definition) is 1. The average Bonchev–Trinajstić information content (AvgIpc) is 2.28. The third-order valence-corrected chi connectivity index (χ3v) is 3.43. The fourth-order valence-corrected chi connectivity index (χ4v) is 2.96. The zero-order valence-corrected chi connectivity index (χ0v) is 14.1. The van der Waals surface area contributed by atoms with E-state index in [1.54, 1.807) is 0 Å². The Morgan fingerprint density at radius 2 is 1.70 bits per heavy atom. The van der Waals surface area contributed by atoms with Crippen molar-refractivity contribution in [1.29, 1.82) is 0 Å². The van der Waals surface area contributed by atoms with Gasteiger partial charge in [0.2, 0.25) is 0 Å². The summed E-state index contributed by atoms with van der Waals surface area (Å²) in [6, 6.07) is 0. The molecule has 1 fully saturated rings. The van der Waals surface area contributed by atoms with Crippen molar-refractivity contribution < 1.29 is 9.47 Å². The molecular weight excluding hydrogens is 252 g/mol. The van der Waals surface area contributed by atoms with Crippen LogP contribution >= 0.6 is 0 Å². The van der Waals surface area contributed by atoms with Crippen molar-refractivity contribution >= 4 is 0 Å². The standard InChI is InChI=1S/C16H34N2O2/c1-6-7-11-19-12-9-17-8-10-18-13-15(2,3)20-16(4,5)14-18/h17H,6-14H2,1-5H3. The van der Waals surface area contributed by atoms with Crippen LogP contribution in [0.25, 0.3) is 0 Å². The lowest BCUT2D eigenvalue weighted by Crippen LogP contribution is -2.58. The van der Waals surface area contributed by atoms with E-state index in [1.165, 1.54) is 6.42 Å². The van der Waals surface area contributed by atoms with E-state index < -0.39 is 0 Å². The Balaban J connectivity index is 2.09. The van der Waals surface area contributed by atoms with Gasteiger partial charge in [0, 0.05) is 39.3 Å². The second-order valence-corrected chi connectivity index (χ2v) is 7.05. The summed E-state index contributed by atoms with van der Waals surface area (Å²) in [4.78, 5) is 2.49. The number of ether oxygens (including phenoxy) is 2. The molecular formula is C16H34N2O2. The average molecular weight is 286 g/mol. The SMILES string of the molecule is CCCCOCCNCCN1CC(C)(C)OC(C)(C)C1. The first-order valence-corrected chi connectivity index (χ1v) is 8.06. The molecule has 0 amide bonds. The molecule has 0 aromatic carbocycles. The summed E-state index contributed by atoms with van der Waals surface area (Å²) in [6.45, 7) is 17.7. The number of rotatable bonds is 9. The van der Waals surface area contributed by atoms with Crippen LogP contribution in [-0.2, 0) is 9.47 Å². The summed E-state index contributed by atoms with van der Waals surface area (Å²) >= 11 is 0. The third kappa shape index (κ3) is 7.58. The highest BCUT2D eigenvalue weighted by molar-refractivity contribution is 4.89. The Hall–Kier alpha value is -0.160. The monoisotopic (exact) mass is 286 g/mol. The Bertz CT molecular complexity index is 251. The van der Waals surface area contributed by atoms with E-state index in [9.17, 15) is 0 Å². The molecule has 1 aliphatic rings. The molecule has 1 saturated heterocycles. The molecule has 1 rings (SSSR count). The van der Waals surface area contributed by atoms with Crippen molar-refractivity contribution in [3.05, 3.63) is 0 Å². The van der Waals surface area contributed by atoms with Crippen LogP contribution in [-0.4, -0.2) is 62.0 Å². The number of unbranched alkanes of at least 4 members (excludes halogenated alkanes) is 1. The van der Waals surface area contributed by atoms with Crippen molar-refractivity contribution in [1.82, 2.24) is 10.2 Å². The van der Waals surface area contributed by atoms with Crippen LogP contribution in [0.15, 0.2) is 0 Å². The second kappa shape index (κ2) is 8.32. The van der Waals surface area contributed by atoms with E-state index >= 15 is 0 Å². The van der Waals surface area contributed by atoms with Gasteiger partial charge in [-0.2, -0.15) is 0 Å². The molecule has 4 nitrogen and oxygen atoms in total. The number of nitrogens with zero attached hydrogens (tertiary/aromatic N) is 1. The summed E-state index contributed by atoms with van der Waals surface area (Å²) in [6.07, 6.45) is 2.37. The molecule has 0 unspecified atom stereocenters. The van der Waals surface area contributed by atoms with Gasteiger partial charge in [0.05, 0.1) is 17.8 Å². The van der Waals surface area contributed by atoms with Crippen LogP contribution in [0, 0.1) is 0 Å². The van der Waals surface area contributed by atoms with Crippen LogP contribution in [0.3, 0.4) is 0 Å². The lowest BCUT2D eigenvalue weighted by Gasteiger charge is -2.47. The summed E-state index contributed by atoms with van der Waals surface area (Å²) in [5.41, 5.74) is -0.101. The Morgan fingerprint density at radius 3 is 2.30 bits per heavy atom. The molecule has 0 saturated carbocycles. The van der Waals surface area contributed by atoms with Crippen molar-refractivity contribution in [2.45, 2.75) is 58.7 Å². The number of morpholine rings is 1. The highest BCUT2D eigenvalue weighted by Gasteiger charge is 2.37. The van der Waals surface area contributed by atoms with Gasteiger partial charge >= 0.3 is 0 Å². The molecule has 1 heterocycles. The summed E-state index contributed by atoms with van der Waals surface area (Å²) in [5, 5.41) is 3.46. The topological polar surface area (TPSA) is 33.7 Å². The predicted molar refractivity (Wildman–Crippen MR) is 84.3 cm³/mol. The molecule has 0 aromatic heterocycles. The quantitative estimate of drug-likeness (QED) is 0.659. The third-order valence-electron chi connectivity index (χ3n) is 3.43. The molecule has 20 heavy (non-hydrogen) atoms. The lowest BCUT2D eigenvalue weighted by molar-refractivity contribution is -0.180. The maximum Gasteiger partial charge on any atom is 0.0760 e. The molecule has 0 spiro atoms. The Morgan fingerprint density at radius 1 is 1.05 bits per heavy atom. The van der Waals surface area contributed by atoms with E-state index in [-0.39, 0.29) is 11.2 Å². The Kier molecular flexibility index (Phi) is 7.45. The molecule has 0 bridgehead atoms. The second-order valence-electron chi connectivity index (χ2n) is 7.05. The van der Waals surface area contributed by atoms with Gasteiger partial charge in [0.1, 0.15) is 0 Å². The van der Waals surface area contributed by atoms with Gasteiger partial charge in [0.15, 0.2) is 0 Å². The van der Waals surface area contributed by atoms with Crippen molar-refractivity contribution in [3.8, 4) is 0 Å². The largest absolute Gasteiger partial charge is 0.380 e. The highest BCUT2D eigenvalue weighted by Crippen LogP contribution is 2.27. The van der Waals surface area contributed by atoms with Crippen LogP contribution < -0.4 is 5.32 Å². The molecule has 0 atom stereocenters. The van der Waals surface area contributed by atoms with Crippen LogP contribution in [0.1, 0.15) is 47.5 Å².